The Labute approximate surface area is 353 Å². The Kier molecular flexibility index (Phi) is 6.79. The molecule has 0 unspecified atom stereocenters. The number of aryl methyl sites for hydroxylation is 1. The summed E-state index contributed by atoms with van der Waals surface area (Å²) in [6.45, 7) is 0. The van der Waals surface area contributed by atoms with Crippen molar-refractivity contribution in [3.05, 3.63) is 186 Å². The molecule has 0 N–H and O–H groups in total. The maximum absolute atomic E-state index is 5.30. The van der Waals surface area contributed by atoms with Gasteiger partial charge in [0.25, 0.3) is 0 Å². The number of benzene rings is 8. The lowest BCUT2D eigenvalue weighted by atomic mass is 9.94. The molecule has 4 nitrogen and oxygen atoms in total. The molecule has 14 rings (SSSR count). The molecule has 0 aliphatic heterocycles. The number of aromatic nitrogens is 4. The highest BCUT2D eigenvalue weighted by Gasteiger charge is 2.22. The summed E-state index contributed by atoms with van der Waals surface area (Å²) in [6.07, 6.45) is 4.58. The Bertz CT molecular complexity index is 4110. The molecule has 0 amide bonds. The minimum absolute atomic E-state index is 0.667. The predicted molar refractivity (Wildman–Crippen MR) is 258 cm³/mol. The van der Waals surface area contributed by atoms with E-state index in [2.05, 4.69) is 185 Å². The molecule has 0 saturated heterocycles. The zero-order valence-corrected chi connectivity index (χ0v) is 33.7. The Hall–Kier alpha value is -7.60. The van der Waals surface area contributed by atoms with Crippen molar-refractivity contribution in [1.82, 2.24) is 18.9 Å². The second kappa shape index (κ2) is 12.5. The van der Waals surface area contributed by atoms with Crippen LogP contribution < -0.4 is 4.53 Å². The first-order chi connectivity index (χ1) is 30.3. The molecule has 5 heterocycles. The summed E-state index contributed by atoms with van der Waals surface area (Å²) in [5, 5.41) is 12.6. The quantitative estimate of drug-likeness (QED) is 0.179. The molecule has 5 heteroatoms. The van der Waals surface area contributed by atoms with Crippen LogP contribution in [0.1, 0.15) is 12.0 Å². The van der Waals surface area contributed by atoms with E-state index in [1.165, 1.54) is 90.9 Å². The van der Waals surface area contributed by atoms with Gasteiger partial charge in [0.1, 0.15) is 0 Å². The second-order valence-corrected chi connectivity index (χ2v) is 17.5. The van der Waals surface area contributed by atoms with Gasteiger partial charge in [0.05, 0.1) is 38.8 Å². The van der Waals surface area contributed by atoms with Crippen LogP contribution in [0.25, 0.3) is 126 Å². The van der Waals surface area contributed by atoms with E-state index in [0.717, 1.165) is 46.0 Å². The van der Waals surface area contributed by atoms with Crippen LogP contribution in [0.5, 0.6) is 0 Å². The van der Waals surface area contributed by atoms with Gasteiger partial charge in [-0.1, -0.05) is 133 Å². The van der Waals surface area contributed by atoms with Crippen molar-refractivity contribution in [3.8, 4) is 28.3 Å². The van der Waals surface area contributed by atoms with Crippen molar-refractivity contribution in [1.29, 1.82) is 0 Å². The average molecular weight is 795 g/mol. The van der Waals surface area contributed by atoms with Crippen molar-refractivity contribution >= 4 is 109 Å². The first-order valence-corrected chi connectivity index (χ1v) is 21.9. The van der Waals surface area contributed by atoms with Crippen molar-refractivity contribution < 1.29 is 0 Å². The third kappa shape index (κ3) is 4.64. The molecule has 61 heavy (non-hydrogen) atoms. The van der Waals surface area contributed by atoms with Crippen molar-refractivity contribution in [2.75, 3.05) is 0 Å². The van der Waals surface area contributed by atoms with Gasteiger partial charge in [-0.2, -0.15) is 0 Å². The normalized spacial score (nSPS) is 12.9. The van der Waals surface area contributed by atoms with Gasteiger partial charge in [-0.25, -0.2) is 9.97 Å². The van der Waals surface area contributed by atoms with Crippen LogP contribution in [0, 0.1) is 0 Å². The molecule has 13 aromatic rings. The number of hydrogen-bond donors (Lipinski definition) is 0. The zero-order chi connectivity index (χ0) is 39.8. The molecule has 0 fully saturated rings. The number of nitrogens with zero attached hydrogens (tertiary/aromatic N) is 4. The molecule has 5 aromatic heterocycles. The average Bonchev–Trinajstić information content (AvgIpc) is 3.99. The van der Waals surface area contributed by atoms with Crippen LogP contribution in [0.3, 0.4) is 0 Å². The van der Waals surface area contributed by atoms with E-state index in [0.29, 0.717) is 5.95 Å². The summed E-state index contributed by atoms with van der Waals surface area (Å²) in [7, 11) is 0. The largest absolute Gasteiger partial charge is 0.308 e. The van der Waals surface area contributed by atoms with E-state index in [1.54, 1.807) is 0 Å². The molecule has 0 radical (unpaired) electrons. The van der Waals surface area contributed by atoms with Gasteiger partial charge in [0.15, 0.2) is 0 Å². The summed E-state index contributed by atoms with van der Waals surface area (Å²) in [4.78, 5) is 10.5. The molecule has 8 aromatic carbocycles. The summed E-state index contributed by atoms with van der Waals surface area (Å²) in [5.41, 5.74) is 12.7. The van der Waals surface area contributed by atoms with Crippen molar-refractivity contribution in [2.24, 2.45) is 0 Å². The van der Waals surface area contributed by atoms with Crippen LogP contribution in [-0.2, 0) is 6.42 Å². The van der Waals surface area contributed by atoms with Gasteiger partial charge in [0, 0.05) is 57.9 Å². The fourth-order valence-corrected chi connectivity index (χ4v) is 11.8. The number of hydrogen-bond acceptors (Lipinski definition) is 3. The van der Waals surface area contributed by atoms with Gasteiger partial charge in [0.2, 0.25) is 5.95 Å². The number of fused-ring (bicyclic) bond motifs is 11. The maximum Gasteiger partial charge on any atom is 0.235 e. The summed E-state index contributed by atoms with van der Waals surface area (Å²) in [5.74, 6) is 0.667. The highest BCUT2D eigenvalue weighted by atomic mass is 32.1. The molecule has 1 aliphatic carbocycles. The smallest absolute Gasteiger partial charge is 0.235 e. The maximum atomic E-state index is 5.30. The molecule has 0 atom stereocenters. The van der Waals surface area contributed by atoms with E-state index in [4.69, 9.17) is 9.97 Å². The lowest BCUT2D eigenvalue weighted by Crippen LogP contribution is -2.03. The molecule has 1 aliphatic rings. The van der Waals surface area contributed by atoms with E-state index >= 15 is 0 Å². The number of thiophene rings is 1. The second-order valence-electron chi connectivity index (χ2n) is 16.4. The van der Waals surface area contributed by atoms with Gasteiger partial charge < -0.3 is 4.40 Å². The van der Waals surface area contributed by atoms with Gasteiger partial charge in [-0.15, -0.1) is 11.3 Å². The highest BCUT2D eigenvalue weighted by molar-refractivity contribution is 7.18. The SMILES string of the molecule is C1=c2sc3cccc4c3c2c(c2ccccc2c2cccc3c5cc(-c6ccc7c(c6)c6ccccc6n7-c6nc(-c7ccccc7)c7ccccc7n6)ccc5n4c23)CC1. The van der Waals surface area contributed by atoms with Crippen LogP contribution in [0.2, 0.25) is 0 Å². The predicted octanol–water partition coefficient (Wildman–Crippen LogP) is 14.1. The molecular weight excluding hydrogens is 761 g/mol. The Morgan fingerprint density at radius 2 is 1.08 bits per heavy atom. The lowest BCUT2D eigenvalue weighted by molar-refractivity contribution is 1.01. The fraction of sp³-hybridized carbons (Fsp3) is 0.0357. The molecule has 284 valence electrons. The standard InChI is InChI=1S/C56H34N4S/c1-2-13-33(14-3-1)54-42-18-6-8-22-45(42)57-56(58-54)60-46-23-9-7-17-38(46)43-31-34(28-30-48(43)60)35-27-29-47-44(32-35)41-21-10-20-40-37-16-5-4-15-36(37)39-19-11-25-50-52(39)53-49(59(47)55(40)41)24-12-26-51(53)61-50/h1-10,12-18,20-32H,11,19H2. The van der Waals surface area contributed by atoms with Gasteiger partial charge >= 0.3 is 0 Å². The van der Waals surface area contributed by atoms with Crippen LogP contribution >= 0.6 is 11.3 Å². The molecule has 0 spiro atoms. The third-order valence-electron chi connectivity index (χ3n) is 13.2. The van der Waals surface area contributed by atoms with E-state index < -0.39 is 0 Å². The van der Waals surface area contributed by atoms with Gasteiger partial charge in [-0.05, 0) is 88.8 Å². The summed E-state index contributed by atoms with van der Waals surface area (Å²) < 4.78 is 7.55. The summed E-state index contributed by atoms with van der Waals surface area (Å²) in [6, 6.07) is 64.3. The van der Waals surface area contributed by atoms with Gasteiger partial charge in [-0.3, -0.25) is 4.57 Å². The minimum Gasteiger partial charge on any atom is -0.308 e. The van der Waals surface area contributed by atoms with Crippen molar-refractivity contribution in [2.45, 2.75) is 12.8 Å². The van der Waals surface area contributed by atoms with E-state index in [-0.39, 0.29) is 0 Å². The number of rotatable bonds is 3. The fourth-order valence-electron chi connectivity index (χ4n) is 10.6. The zero-order valence-electron chi connectivity index (χ0n) is 32.9. The molecular formula is C56H34N4S. The Morgan fingerprint density at radius 3 is 1.93 bits per heavy atom. The summed E-state index contributed by atoms with van der Waals surface area (Å²) >= 11 is 1.94. The van der Waals surface area contributed by atoms with E-state index in [9.17, 15) is 0 Å². The van der Waals surface area contributed by atoms with Crippen LogP contribution in [0.4, 0.5) is 0 Å². The number of para-hydroxylation sites is 3. The first-order valence-electron chi connectivity index (χ1n) is 21.1. The molecule has 0 bridgehead atoms. The topological polar surface area (TPSA) is 35.1 Å². The van der Waals surface area contributed by atoms with E-state index in [1.807, 2.05) is 17.4 Å². The van der Waals surface area contributed by atoms with Crippen LogP contribution in [-0.4, -0.2) is 18.9 Å². The highest BCUT2D eigenvalue weighted by Crippen LogP contribution is 2.43. The Balaban J connectivity index is 1.03. The lowest BCUT2D eigenvalue weighted by Gasteiger charge is -2.12. The van der Waals surface area contributed by atoms with Crippen molar-refractivity contribution in [3.63, 3.8) is 0 Å². The molecule has 0 saturated carbocycles. The monoisotopic (exact) mass is 794 g/mol. The third-order valence-corrected chi connectivity index (χ3v) is 14.3. The van der Waals surface area contributed by atoms with Crippen LogP contribution in [0.15, 0.2) is 176 Å². The Morgan fingerprint density at radius 1 is 0.443 bits per heavy atom. The minimum atomic E-state index is 0.667. The first kappa shape index (κ1) is 33.3.